The Hall–Kier alpha value is -4.06. The van der Waals surface area contributed by atoms with Crippen LogP contribution in [0.5, 0.6) is 0 Å². The van der Waals surface area contributed by atoms with Crippen LogP contribution in [-0.2, 0) is 16.8 Å². The first-order chi connectivity index (χ1) is 20.7. The van der Waals surface area contributed by atoms with E-state index in [1.165, 1.54) is 17.7 Å². The van der Waals surface area contributed by atoms with Crippen molar-refractivity contribution in [1.29, 1.82) is 0 Å². The molecule has 3 heterocycles. The molecule has 9 nitrogen and oxygen atoms in total. The topological polar surface area (TPSA) is 108 Å². The van der Waals surface area contributed by atoms with Gasteiger partial charge in [0, 0.05) is 31.5 Å². The lowest BCUT2D eigenvalue weighted by molar-refractivity contribution is 0.0788. The summed E-state index contributed by atoms with van der Waals surface area (Å²) in [5.41, 5.74) is 4.77. The first kappa shape index (κ1) is 29.0. The summed E-state index contributed by atoms with van der Waals surface area (Å²) in [5.74, 6) is 0.0641. The molecule has 1 atom stereocenters. The van der Waals surface area contributed by atoms with Crippen LogP contribution in [0.3, 0.4) is 0 Å². The van der Waals surface area contributed by atoms with Crippen LogP contribution in [0, 0.1) is 5.82 Å². The number of nitrogens with zero attached hydrogens (tertiary/aromatic N) is 4. The summed E-state index contributed by atoms with van der Waals surface area (Å²) in [7, 11) is -4.31. The van der Waals surface area contributed by atoms with Crippen molar-refractivity contribution >= 4 is 21.9 Å². The Morgan fingerprint density at radius 3 is 2.26 bits per heavy atom. The zero-order valence-corrected chi connectivity index (χ0v) is 24.5. The lowest BCUT2D eigenvalue weighted by Crippen LogP contribution is -2.34. The number of amides is 1. The number of nitrogens with one attached hydrogen (secondary N) is 1. The molecule has 6 rings (SSSR count). The summed E-state index contributed by atoms with van der Waals surface area (Å²) >= 11 is 0. The molecule has 1 amide bonds. The third kappa shape index (κ3) is 6.79. The predicted octanol–water partition coefficient (Wildman–Crippen LogP) is 5.24. The molecule has 0 spiro atoms. The number of carbonyl (C=O) groups excluding carboxylic acids is 1. The fraction of sp³-hybridized carbons (Fsp3) is 0.312. The Labute approximate surface area is 250 Å². The van der Waals surface area contributed by atoms with Gasteiger partial charge in [0.1, 0.15) is 5.82 Å². The lowest BCUT2D eigenvalue weighted by atomic mass is 9.90. The molecule has 0 unspecified atom stereocenters. The van der Waals surface area contributed by atoms with Crippen LogP contribution < -0.4 is 4.72 Å². The molecule has 2 aliphatic rings. The van der Waals surface area contributed by atoms with Crippen molar-refractivity contribution in [1.82, 2.24) is 19.6 Å². The van der Waals surface area contributed by atoms with Crippen LogP contribution in [-0.4, -0.2) is 64.6 Å². The van der Waals surface area contributed by atoms with Crippen LogP contribution in [0.15, 0.2) is 85.1 Å². The van der Waals surface area contributed by atoms with Crippen molar-refractivity contribution in [2.24, 2.45) is 0 Å². The van der Waals surface area contributed by atoms with Crippen LogP contribution in [0.25, 0.3) is 5.69 Å². The van der Waals surface area contributed by atoms with E-state index < -0.39 is 10.3 Å². The SMILES string of the molecule is O=C(c1cnn(-c2ccc(F)cc2)c1C1CCN(Cc2ccc(NS(=O)(=O)O)cc2)CC1)N1CC[C@H](c2ccccc2)C1. The van der Waals surface area contributed by atoms with Crippen molar-refractivity contribution < 1.29 is 22.2 Å². The van der Waals surface area contributed by atoms with E-state index in [0.29, 0.717) is 36.8 Å². The smallest absolute Gasteiger partial charge is 0.338 e. The molecule has 4 aromatic rings. The summed E-state index contributed by atoms with van der Waals surface area (Å²) < 4.78 is 48.7. The molecule has 224 valence electrons. The third-order valence-electron chi connectivity index (χ3n) is 8.44. The molecule has 43 heavy (non-hydrogen) atoms. The number of halogens is 1. The van der Waals surface area contributed by atoms with Gasteiger partial charge in [0.25, 0.3) is 5.91 Å². The molecule has 2 saturated heterocycles. The largest absolute Gasteiger partial charge is 0.357 e. The van der Waals surface area contributed by atoms with Crippen LogP contribution in [0.2, 0.25) is 0 Å². The highest BCUT2D eigenvalue weighted by molar-refractivity contribution is 7.87. The predicted molar refractivity (Wildman–Crippen MR) is 162 cm³/mol. The molecular formula is C32H34FN5O4S. The quantitative estimate of drug-likeness (QED) is 0.267. The van der Waals surface area contributed by atoms with E-state index in [-0.39, 0.29) is 17.6 Å². The molecule has 2 fully saturated rings. The number of hydrogen-bond acceptors (Lipinski definition) is 5. The van der Waals surface area contributed by atoms with Gasteiger partial charge in [-0.1, -0.05) is 42.5 Å². The van der Waals surface area contributed by atoms with Crippen molar-refractivity contribution in [2.75, 3.05) is 30.9 Å². The lowest BCUT2D eigenvalue weighted by Gasteiger charge is -2.33. The maximum Gasteiger partial charge on any atom is 0.357 e. The summed E-state index contributed by atoms with van der Waals surface area (Å²) in [6.45, 7) is 3.66. The number of aromatic nitrogens is 2. The van der Waals surface area contributed by atoms with Gasteiger partial charge in [-0.2, -0.15) is 13.5 Å². The number of rotatable bonds is 8. The molecule has 0 radical (unpaired) electrons. The molecule has 2 N–H and O–H groups in total. The Balaban J connectivity index is 1.19. The van der Waals surface area contributed by atoms with Gasteiger partial charge in [-0.05, 0) is 79.9 Å². The highest BCUT2D eigenvalue weighted by Gasteiger charge is 2.34. The molecule has 0 bridgehead atoms. The summed E-state index contributed by atoms with van der Waals surface area (Å²) in [5, 5.41) is 4.65. The van der Waals surface area contributed by atoms with E-state index in [9.17, 15) is 17.6 Å². The van der Waals surface area contributed by atoms with Crippen molar-refractivity contribution in [3.63, 3.8) is 0 Å². The Kier molecular flexibility index (Phi) is 8.29. The average Bonchev–Trinajstić information content (AvgIpc) is 3.67. The Morgan fingerprint density at radius 1 is 0.907 bits per heavy atom. The monoisotopic (exact) mass is 603 g/mol. The number of anilines is 1. The van der Waals surface area contributed by atoms with E-state index in [4.69, 9.17) is 4.55 Å². The third-order valence-corrected chi connectivity index (χ3v) is 8.93. The number of benzene rings is 3. The van der Waals surface area contributed by atoms with Crippen LogP contribution >= 0.6 is 0 Å². The summed E-state index contributed by atoms with van der Waals surface area (Å²) in [6.07, 6.45) is 4.23. The molecular weight excluding hydrogens is 569 g/mol. The van der Waals surface area contributed by atoms with Gasteiger partial charge in [-0.15, -0.1) is 0 Å². The first-order valence-corrected chi connectivity index (χ1v) is 15.9. The number of hydrogen-bond donors (Lipinski definition) is 2. The Morgan fingerprint density at radius 2 is 1.58 bits per heavy atom. The van der Waals surface area contributed by atoms with Crippen LogP contribution in [0.4, 0.5) is 10.1 Å². The highest BCUT2D eigenvalue weighted by Crippen LogP contribution is 2.35. The van der Waals surface area contributed by atoms with Gasteiger partial charge in [0.15, 0.2) is 0 Å². The van der Waals surface area contributed by atoms with Crippen molar-refractivity contribution in [3.8, 4) is 5.69 Å². The zero-order valence-electron chi connectivity index (χ0n) is 23.6. The minimum absolute atomic E-state index is 0.0113. The van der Waals surface area contributed by atoms with Crippen LogP contribution in [0.1, 0.15) is 58.3 Å². The average molecular weight is 604 g/mol. The molecule has 3 aromatic carbocycles. The molecule has 0 aliphatic carbocycles. The van der Waals surface area contributed by atoms with E-state index in [1.54, 1.807) is 35.1 Å². The Bertz CT molecular complexity index is 1670. The minimum Gasteiger partial charge on any atom is -0.338 e. The van der Waals surface area contributed by atoms with E-state index >= 15 is 0 Å². The maximum absolute atomic E-state index is 13.9. The first-order valence-electron chi connectivity index (χ1n) is 14.5. The summed E-state index contributed by atoms with van der Waals surface area (Å²) in [4.78, 5) is 18.2. The van der Waals surface area contributed by atoms with Gasteiger partial charge in [0.2, 0.25) is 0 Å². The highest BCUT2D eigenvalue weighted by atomic mass is 32.2. The number of carbonyl (C=O) groups is 1. The molecule has 1 aromatic heterocycles. The normalized spacial score (nSPS) is 18.2. The second kappa shape index (κ2) is 12.3. The van der Waals surface area contributed by atoms with Gasteiger partial charge in [-0.25, -0.2) is 9.07 Å². The van der Waals surface area contributed by atoms with Crippen molar-refractivity contribution in [2.45, 2.75) is 37.6 Å². The van der Waals surface area contributed by atoms with Gasteiger partial charge in [0.05, 0.1) is 28.8 Å². The maximum atomic E-state index is 13.9. The summed E-state index contributed by atoms with van der Waals surface area (Å²) in [6, 6.07) is 23.4. The van der Waals surface area contributed by atoms with Gasteiger partial charge >= 0.3 is 10.3 Å². The van der Waals surface area contributed by atoms with Gasteiger partial charge < -0.3 is 4.90 Å². The minimum atomic E-state index is -4.31. The molecule has 11 heteroatoms. The second-order valence-electron chi connectivity index (χ2n) is 11.3. The van der Waals surface area contributed by atoms with E-state index in [1.807, 2.05) is 35.2 Å². The molecule has 2 aliphatic heterocycles. The standard InChI is InChI=1S/C32H34FN5O4S/c33-27-8-12-29(13-9-27)38-31(30(20-34-38)32(39)37-19-16-26(22-37)24-4-2-1-3-5-24)25-14-17-36(18-15-25)21-23-6-10-28(11-7-23)35-43(40,41)42/h1-13,20,25-26,35H,14-19,21-22H2,(H,40,41,42)/t26-/m0/s1. The van der Waals surface area contributed by atoms with E-state index in [2.05, 4.69) is 26.9 Å². The van der Waals surface area contributed by atoms with Gasteiger partial charge in [-0.3, -0.25) is 19.0 Å². The second-order valence-corrected chi connectivity index (χ2v) is 12.5. The number of piperidine rings is 1. The zero-order chi connectivity index (χ0) is 30.0. The van der Waals surface area contributed by atoms with Crippen molar-refractivity contribution in [3.05, 3.63) is 113 Å². The molecule has 0 saturated carbocycles. The number of likely N-dealkylation sites (tertiary alicyclic amines) is 2. The fourth-order valence-corrected chi connectivity index (χ4v) is 6.70. The van der Waals surface area contributed by atoms with E-state index in [0.717, 1.165) is 49.3 Å². The fourth-order valence-electron chi connectivity index (χ4n) is 6.27.